The van der Waals surface area contributed by atoms with Crippen LogP contribution in [-0.2, 0) is 7.05 Å². The molecule has 0 aliphatic heterocycles. The van der Waals surface area contributed by atoms with Gasteiger partial charge in [0.15, 0.2) is 5.65 Å². The first-order chi connectivity index (χ1) is 11.3. The molecular weight excluding hydrogens is 288 g/mol. The van der Waals surface area contributed by atoms with Crippen molar-refractivity contribution in [3.63, 3.8) is 0 Å². The summed E-state index contributed by atoms with van der Waals surface area (Å²) < 4.78 is 1.81. The van der Waals surface area contributed by atoms with Crippen LogP contribution in [0.4, 0.5) is 5.69 Å². The molecule has 6 nitrogen and oxygen atoms in total. The van der Waals surface area contributed by atoms with Gasteiger partial charge >= 0.3 is 0 Å². The maximum Gasteiger partial charge on any atom is 0.160 e. The van der Waals surface area contributed by atoms with E-state index in [9.17, 15) is 0 Å². The Balaban J connectivity index is 1.96. The van der Waals surface area contributed by atoms with Gasteiger partial charge in [0.2, 0.25) is 0 Å². The molecule has 0 atom stereocenters. The van der Waals surface area contributed by atoms with Crippen LogP contribution in [0, 0.1) is 0 Å². The number of anilines is 1. The van der Waals surface area contributed by atoms with E-state index >= 15 is 0 Å². The van der Waals surface area contributed by atoms with Crippen LogP contribution in [0.15, 0.2) is 36.7 Å². The van der Waals surface area contributed by atoms with Gasteiger partial charge in [-0.05, 0) is 18.6 Å². The highest BCUT2D eigenvalue weighted by molar-refractivity contribution is 5.97. The van der Waals surface area contributed by atoms with Gasteiger partial charge in [-0.3, -0.25) is 9.78 Å². The van der Waals surface area contributed by atoms with E-state index in [0.29, 0.717) is 0 Å². The fourth-order valence-corrected chi connectivity index (χ4v) is 2.85. The van der Waals surface area contributed by atoms with Gasteiger partial charge in [-0.15, -0.1) is 0 Å². The number of H-pyrrole nitrogens is 1. The average molecular weight is 306 g/mol. The summed E-state index contributed by atoms with van der Waals surface area (Å²) >= 11 is 0. The number of fused-ring (bicyclic) bond motifs is 2. The largest absolute Gasteiger partial charge is 0.384 e. The molecule has 3 heterocycles. The molecule has 0 bridgehead atoms. The van der Waals surface area contributed by atoms with Gasteiger partial charge in [-0.1, -0.05) is 19.1 Å². The Bertz CT molecular complexity index is 981. The van der Waals surface area contributed by atoms with E-state index in [1.54, 1.807) is 0 Å². The van der Waals surface area contributed by atoms with Crippen LogP contribution < -0.4 is 5.32 Å². The van der Waals surface area contributed by atoms with Crippen LogP contribution >= 0.6 is 0 Å². The van der Waals surface area contributed by atoms with Crippen molar-refractivity contribution in [3.05, 3.63) is 36.7 Å². The van der Waals surface area contributed by atoms with Crippen molar-refractivity contribution < 1.29 is 0 Å². The number of benzene rings is 1. The second kappa shape index (κ2) is 5.39. The molecule has 0 aliphatic rings. The van der Waals surface area contributed by atoms with Gasteiger partial charge in [-0.25, -0.2) is 4.98 Å². The second-order valence-corrected chi connectivity index (χ2v) is 5.62. The smallest absolute Gasteiger partial charge is 0.160 e. The molecule has 0 fully saturated rings. The zero-order chi connectivity index (χ0) is 15.8. The lowest BCUT2D eigenvalue weighted by Gasteiger charge is -2.10. The van der Waals surface area contributed by atoms with Gasteiger partial charge in [0, 0.05) is 30.2 Å². The molecule has 4 aromatic rings. The number of aromatic nitrogens is 5. The van der Waals surface area contributed by atoms with Crippen LogP contribution in [-0.4, -0.2) is 31.5 Å². The van der Waals surface area contributed by atoms with Crippen molar-refractivity contribution in [2.75, 3.05) is 11.9 Å². The van der Waals surface area contributed by atoms with E-state index in [2.05, 4.69) is 39.7 Å². The summed E-state index contributed by atoms with van der Waals surface area (Å²) in [6.45, 7) is 3.07. The van der Waals surface area contributed by atoms with Crippen LogP contribution in [0.5, 0.6) is 0 Å². The Morgan fingerprint density at radius 2 is 2.13 bits per heavy atom. The van der Waals surface area contributed by atoms with E-state index < -0.39 is 0 Å². The summed E-state index contributed by atoms with van der Waals surface area (Å²) in [5.74, 6) is 0. The molecule has 3 aromatic heterocycles. The van der Waals surface area contributed by atoms with Crippen LogP contribution in [0.25, 0.3) is 33.2 Å². The van der Waals surface area contributed by atoms with Gasteiger partial charge in [0.05, 0.1) is 29.0 Å². The number of rotatable bonds is 4. The van der Waals surface area contributed by atoms with Gasteiger partial charge in [0.25, 0.3) is 0 Å². The number of hydrogen-bond donors (Lipinski definition) is 2. The average Bonchev–Trinajstić information content (AvgIpc) is 3.19. The second-order valence-electron chi connectivity index (χ2n) is 5.62. The molecule has 23 heavy (non-hydrogen) atoms. The summed E-state index contributed by atoms with van der Waals surface area (Å²) in [6.07, 6.45) is 4.78. The number of nitrogens with one attached hydrogen (secondary N) is 2. The van der Waals surface area contributed by atoms with Crippen LogP contribution in [0.3, 0.4) is 0 Å². The lowest BCUT2D eigenvalue weighted by atomic mass is 10.1. The normalized spacial score (nSPS) is 11.4. The topological polar surface area (TPSA) is 71.4 Å². The fraction of sp³-hybridized carbons (Fsp3) is 0.235. The molecule has 116 valence electrons. The molecule has 0 aliphatic carbocycles. The van der Waals surface area contributed by atoms with Crippen molar-refractivity contribution >= 4 is 27.6 Å². The zero-order valence-corrected chi connectivity index (χ0v) is 13.2. The van der Waals surface area contributed by atoms with Gasteiger partial charge < -0.3 is 5.32 Å². The maximum absolute atomic E-state index is 4.82. The Morgan fingerprint density at radius 1 is 1.22 bits per heavy atom. The highest BCUT2D eigenvalue weighted by atomic mass is 15.3. The Morgan fingerprint density at radius 3 is 3.00 bits per heavy atom. The summed E-state index contributed by atoms with van der Waals surface area (Å²) in [7, 11) is 1.92. The van der Waals surface area contributed by atoms with E-state index in [1.165, 1.54) is 0 Å². The molecule has 0 unspecified atom stereocenters. The van der Waals surface area contributed by atoms with Gasteiger partial charge in [-0.2, -0.15) is 10.2 Å². The lowest BCUT2D eigenvalue weighted by molar-refractivity contribution is 0.787. The molecule has 0 spiro atoms. The molecule has 0 saturated heterocycles. The summed E-state index contributed by atoms with van der Waals surface area (Å²) in [5.41, 5.74) is 4.95. The number of aryl methyl sites for hydroxylation is 1. The number of hydrogen-bond acceptors (Lipinski definition) is 4. The molecule has 4 rings (SSSR count). The number of nitrogens with zero attached hydrogens (tertiary/aromatic N) is 4. The Labute approximate surface area is 133 Å². The van der Waals surface area contributed by atoms with Crippen molar-refractivity contribution in [2.24, 2.45) is 7.05 Å². The first-order valence-corrected chi connectivity index (χ1v) is 7.77. The fourth-order valence-electron chi connectivity index (χ4n) is 2.85. The summed E-state index contributed by atoms with van der Waals surface area (Å²) in [6, 6.07) is 8.21. The van der Waals surface area contributed by atoms with Crippen molar-refractivity contribution in [3.8, 4) is 11.3 Å². The predicted molar refractivity (Wildman–Crippen MR) is 92.4 cm³/mol. The predicted octanol–water partition coefficient (Wildman–Crippen LogP) is 3.33. The minimum Gasteiger partial charge on any atom is -0.384 e. The molecule has 2 N–H and O–H groups in total. The van der Waals surface area contributed by atoms with Crippen molar-refractivity contribution in [2.45, 2.75) is 13.3 Å². The molecule has 0 saturated carbocycles. The monoisotopic (exact) mass is 306 g/mol. The Kier molecular flexibility index (Phi) is 3.22. The molecular formula is C17H18N6. The summed E-state index contributed by atoms with van der Waals surface area (Å²) in [5, 5.41) is 17.1. The standard InChI is InChI=1S/C17H18N6/c1-3-7-18-15-8-16(21-17-13(15)10-20-23(17)2)11-5-4-6-14-12(11)9-19-22-14/h4-6,8-10H,3,7H2,1-2H3,(H,18,21)(H,19,22). The molecule has 1 aromatic carbocycles. The van der Waals surface area contributed by atoms with Gasteiger partial charge in [0.1, 0.15) is 0 Å². The summed E-state index contributed by atoms with van der Waals surface area (Å²) in [4.78, 5) is 4.82. The highest BCUT2D eigenvalue weighted by Gasteiger charge is 2.13. The molecule has 0 amide bonds. The van der Waals surface area contributed by atoms with E-state index in [-0.39, 0.29) is 0 Å². The highest BCUT2D eigenvalue weighted by Crippen LogP contribution is 2.31. The SMILES string of the molecule is CCCNc1cc(-c2cccc3[nH]ncc23)nc2c1cnn2C. The van der Waals surface area contributed by atoms with E-state index in [1.807, 2.05) is 36.3 Å². The minimum absolute atomic E-state index is 0.876. The number of aromatic amines is 1. The van der Waals surface area contributed by atoms with Crippen LogP contribution in [0.2, 0.25) is 0 Å². The molecule has 6 heteroatoms. The zero-order valence-electron chi connectivity index (χ0n) is 13.2. The van der Waals surface area contributed by atoms with E-state index in [4.69, 9.17) is 4.98 Å². The maximum atomic E-state index is 4.82. The first kappa shape index (κ1) is 13.8. The lowest BCUT2D eigenvalue weighted by Crippen LogP contribution is -2.02. The van der Waals surface area contributed by atoms with Crippen molar-refractivity contribution in [1.29, 1.82) is 0 Å². The number of pyridine rings is 1. The first-order valence-electron chi connectivity index (χ1n) is 7.77. The third kappa shape index (κ3) is 2.23. The van der Waals surface area contributed by atoms with E-state index in [0.717, 1.165) is 51.8 Å². The third-order valence-electron chi connectivity index (χ3n) is 4.03. The van der Waals surface area contributed by atoms with Crippen LogP contribution in [0.1, 0.15) is 13.3 Å². The quantitative estimate of drug-likeness (QED) is 0.606. The Hall–Kier alpha value is -2.89. The van der Waals surface area contributed by atoms with Crippen molar-refractivity contribution in [1.82, 2.24) is 25.0 Å². The third-order valence-corrected chi connectivity index (χ3v) is 4.03. The molecule has 0 radical (unpaired) electrons. The minimum atomic E-state index is 0.876.